The largest absolute Gasteiger partial charge is 0.307 e. The van der Waals surface area contributed by atoms with E-state index >= 15 is 0 Å². The number of likely N-dealkylation sites (N-methyl/N-ethyl adjacent to an activating group) is 1. The zero-order chi connectivity index (χ0) is 9.68. The molecule has 0 aromatic heterocycles. The van der Waals surface area contributed by atoms with Crippen molar-refractivity contribution < 1.29 is 4.39 Å². The van der Waals surface area contributed by atoms with Crippen molar-refractivity contribution in [2.24, 2.45) is 0 Å². The van der Waals surface area contributed by atoms with Gasteiger partial charge >= 0.3 is 0 Å². The molecule has 0 aliphatic carbocycles. The summed E-state index contributed by atoms with van der Waals surface area (Å²) < 4.78 is 13.3. The van der Waals surface area contributed by atoms with Crippen LogP contribution < -0.4 is 5.32 Å². The molecule has 1 aromatic carbocycles. The number of rotatable bonds is 4. The molecule has 0 fully saturated rings. The molecule has 1 rings (SSSR count). The lowest BCUT2D eigenvalue weighted by Crippen LogP contribution is -2.19. The van der Waals surface area contributed by atoms with Gasteiger partial charge in [-0.15, -0.1) is 6.58 Å². The first-order chi connectivity index (χ1) is 6.29. The van der Waals surface area contributed by atoms with E-state index in [1.54, 1.807) is 18.2 Å². The molecular weight excluding hydrogens is 165 g/mol. The lowest BCUT2D eigenvalue weighted by atomic mass is 10.1. The lowest BCUT2D eigenvalue weighted by molar-refractivity contribution is 0.567. The van der Waals surface area contributed by atoms with Crippen LogP contribution in [0.2, 0.25) is 0 Å². The zero-order valence-corrected chi connectivity index (χ0v) is 7.76. The van der Waals surface area contributed by atoms with Crippen LogP contribution >= 0.6 is 0 Å². The summed E-state index contributed by atoms with van der Waals surface area (Å²) in [4.78, 5) is 0. The molecule has 1 unspecified atom stereocenters. The van der Waals surface area contributed by atoms with Gasteiger partial charge in [0.2, 0.25) is 0 Å². The van der Waals surface area contributed by atoms with E-state index in [4.69, 9.17) is 0 Å². The van der Waals surface area contributed by atoms with Crippen LogP contribution in [0.25, 0.3) is 0 Å². The van der Waals surface area contributed by atoms with Crippen LogP contribution in [0, 0.1) is 5.82 Å². The summed E-state index contributed by atoms with van der Waals surface area (Å²) in [6, 6.07) is 6.65. The van der Waals surface area contributed by atoms with Gasteiger partial charge in [0.15, 0.2) is 0 Å². The minimum absolute atomic E-state index is 0.0915. The Morgan fingerprint density at radius 3 is 2.77 bits per heavy atom. The molecule has 13 heavy (non-hydrogen) atoms. The smallest absolute Gasteiger partial charge is 0.128 e. The third kappa shape index (κ3) is 2.39. The fraction of sp³-hybridized carbons (Fsp3) is 0.273. The maximum absolute atomic E-state index is 13.3. The van der Waals surface area contributed by atoms with Gasteiger partial charge in [-0.3, -0.25) is 0 Å². The maximum Gasteiger partial charge on any atom is 0.128 e. The topological polar surface area (TPSA) is 12.0 Å². The molecule has 0 radical (unpaired) electrons. The minimum atomic E-state index is -0.187. The van der Waals surface area contributed by atoms with Gasteiger partial charge in [-0.2, -0.15) is 0 Å². The Morgan fingerprint density at radius 1 is 1.54 bits per heavy atom. The van der Waals surface area contributed by atoms with Crippen molar-refractivity contribution in [2.75, 3.05) is 6.54 Å². The van der Waals surface area contributed by atoms with E-state index in [0.717, 1.165) is 6.54 Å². The molecule has 70 valence electrons. The summed E-state index contributed by atoms with van der Waals surface area (Å²) in [6.45, 7) is 6.45. The molecule has 0 aliphatic heterocycles. The zero-order valence-electron chi connectivity index (χ0n) is 7.76. The second kappa shape index (κ2) is 4.77. The molecule has 0 saturated carbocycles. The Kier molecular flexibility index (Phi) is 3.65. The number of benzene rings is 1. The Labute approximate surface area is 78.3 Å². The fourth-order valence-corrected chi connectivity index (χ4v) is 1.27. The normalized spacial score (nSPS) is 12.5. The van der Waals surface area contributed by atoms with Gasteiger partial charge in [0.25, 0.3) is 0 Å². The van der Waals surface area contributed by atoms with Crippen LogP contribution in [0.1, 0.15) is 18.5 Å². The van der Waals surface area contributed by atoms with Crippen molar-refractivity contribution in [3.05, 3.63) is 48.3 Å². The van der Waals surface area contributed by atoms with Crippen molar-refractivity contribution in [1.82, 2.24) is 5.32 Å². The first-order valence-electron chi connectivity index (χ1n) is 4.40. The van der Waals surface area contributed by atoms with E-state index in [-0.39, 0.29) is 11.9 Å². The van der Waals surface area contributed by atoms with Gasteiger partial charge < -0.3 is 5.32 Å². The molecular formula is C11H14FN. The monoisotopic (exact) mass is 179 g/mol. The Morgan fingerprint density at radius 2 is 2.23 bits per heavy atom. The van der Waals surface area contributed by atoms with Gasteiger partial charge in [-0.1, -0.05) is 31.2 Å². The second-order valence-electron chi connectivity index (χ2n) is 2.79. The summed E-state index contributed by atoms with van der Waals surface area (Å²) in [5.74, 6) is -0.187. The number of halogens is 1. The Hall–Kier alpha value is -1.15. The highest BCUT2D eigenvalue weighted by atomic mass is 19.1. The second-order valence-corrected chi connectivity index (χ2v) is 2.79. The summed E-state index contributed by atoms with van der Waals surface area (Å²) in [7, 11) is 0. The minimum Gasteiger partial charge on any atom is -0.307 e. The van der Waals surface area contributed by atoms with Crippen LogP contribution in [0.3, 0.4) is 0 Å². The van der Waals surface area contributed by atoms with Crippen LogP contribution in [-0.2, 0) is 0 Å². The predicted octanol–water partition coefficient (Wildman–Crippen LogP) is 2.66. The lowest BCUT2D eigenvalue weighted by Gasteiger charge is -2.13. The Bertz CT molecular complexity index is 283. The van der Waals surface area contributed by atoms with Crippen molar-refractivity contribution in [2.45, 2.75) is 13.0 Å². The van der Waals surface area contributed by atoms with Gasteiger partial charge in [0.1, 0.15) is 5.82 Å². The molecule has 0 saturated heterocycles. The fourth-order valence-electron chi connectivity index (χ4n) is 1.27. The average Bonchev–Trinajstić information content (AvgIpc) is 2.16. The molecule has 1 nitrogen and oxygen atoms in total. The highest BCUT2D eigenvalue weighted by Gasteiger charge is 2.09. The maximum atomic E-state index is 13.3. The third-order valence-electron chi connectivity index (χ3n) is 1.90. The summed E-state index contributed by atoms with van der Waals surface area (Å²) >= 11 is 0. The molecule has 0 aliphatic rings. The van der Waals surface area contributed by atoms with Crippen LogP contribution in [0.5, 0.6) is 0 Å². The summed E-state index contributed by atoms with van der Waals surface area (Å²) in [6.07, 6.45) is 1.71. The van der Waals surface area contributed by atoms with Gasteiger partial charge in [0.05, 0.1) is 6.04 Å². The van der Waals surface area contributed by atoms with E-state index < -0.39 is 0 Å². The van der Waals surface area contributed by atoms with Crippen LogP contribution in [0.15, 0.2) is 36.9 Å². The van der Waals surface area contributed by atoms with Crippen molar-refractivity contribution in [3.63, 3.8) is 0 Å². The van der Waals surface area contributed by atoms with E-state index in [1.807, 2.05) is 13.0 Å². The Balaban J connectivity index is 2.90. The van der Waals surface area contributed by atoms with Gasteiger partial charge in [0, 0.05) is 5.56 Å². The van der Waals surface area contributed by atoms with E-state index in [2.05, 4.69) is 11.9 Å². The molecule has 0 spiro atoms. The molecule has 0 heterocycles. The molecule has 1 atom stereocenters. The van der Waals surface area contributed by atoms with E-state index in [9.17, 15) is 4.39 Å². The van der Waals surface area contributed by atoms with Crippen molar-refractivity contribution in [3.8, 4) is 0 Å². The van der Waals surface area contributed by atoms with Gasteiger partial charge in [-0.25, -0.2) is 4.39 Å². The van der Waals surface area contributed by atoms with Crippen molar-refractivity contribution in [1.29, 1.82) is 0 Å². The van der Waals surface area contributed by atoms with Crippen molar-refractivity contribution >= 4 is 0 Å². The van der Waals surface area contributed by atoms with E-state index in [1.165, 1.54) is 6.07 Å². The standard InChI is InChI=1S/C11H14FN/c1-3-11(13-4-2)9-7-5-6-8-10(9)12/h3,5-8,11,13H,1,4H2,2H3. The predicted molar refractivity (Wildman–Crippen MR) is 53.0 cm³/mol. The first kappa shape index (κ1) is 9.93. The molecule has 2 heteroatoms. The van der Waals surface area contributed by atoms with E-state index in [0.29, 0.717) is 5.56 Å². The molecule has 0 amide bonds. The van der Waals surface area contributed by atoms with Crippen LogP contribution in [-0.4, -0.2) is 6.54 Å². The van der Waals surface area contributed by atoms with Gasteiger partial charge in [-0.05, 0) is 12.6 Å². The highest BCUT2D eigenvalue weighted by molar-refractivity contribution is 5.24. The summed E-state index contributed by atoms with van der Waals surface area (Å²) in [5.41, 5.74) is 0.652. The molecule has 0 bridgehead atoms. The first-order valence-corrected chi connectivity index (χ1v) is 4.40. The number of nitrogens with one attached hydrogen (secondary N) is 1. The third-order valence-corrected chi connectivity index (χ3v) is 1.90. The average molecular weight is 179 g/mol. The number of hydrogen-bond acceptors (Lipinski definition) is 1. The highest BCUT2D eigenvalue weighted by Crippen LogP contribution is 2.16. The van der Waals surface area contributed by atoms with Crippen LogP contribution in [0.4, 0.5) is 4.39 Å². The molecule has 1 N–H and O–H groups in total. The molecule has 1 aromatic rings. The summed E-state index contributed by atoms with van der Waals surface area (Å²) in [5, 5.41) is 3.13. The quantitative estimate of drug-likeness (QED) is 0.701. The number of hydrogen-bond donors (Lipinski definition) is 1. The SMILES string of the molecule is C=CC(NCC)c1ccccc1F.